The molecule has 0 fully saturated rings. The lowest BCUT2D eigenvalue weighted by atomic mass is 10.2. The first kappa shape index (κ1) is 20.0. The molecule has 0 aliphatic carbocycles. The second kappa shape index (κ2) is 8.94. The molecule has 0 aliphatic rings. The molecule has 2 heterocycles. The predicted molar refractivity (Wildman–Crippen MR) is 109 cm³/mol. The number of nitrogens with one attached hydrogen (secondary N) is 2. The van der Waals surface area contributed by atoms with Crippen molar-refractivity contribution in [3.05, 3.63) is 71.0 Å². The summed E-state index contributed by atoms with van der Waals surface area (Å²) in [4.78, 5) is 20.6. The summed E-state index contributed by atoms with van der Waals surface area (Å²) in [5.41, 5.74) is 2.44. The molecule has 3 rings (SSSR count). The highest BCUT2D eigenvalue weighted by molar-refractivity contribution is 7.93. The number of hydrogen-bond acceptors (Lipinski definition) is 6. The summed E-state index contributed by atoms with van der Waals surface area (Å²) in [6, 6.07) is 12.1. The van der Waals surface area contributed by atoms with E-state index in [0.717, 1.165) is 11.3 Å². The number of aryl methyl sites for hydroxylation is 2. The SMILES string of the molecule is Cc1ccc(S(=O)(=O)Nc2nc(CCC(=O)NCc3ccccn3)cs2)cc1. The first-order chi connectivity index (χ1) is 13.4. The third-order valence-corrected chi connectivity index (χ3v) is 6.20. The molecule has 0 saturated heterocycles. The molecule has 0 unspecified atom stereocenters. The Morgan fingerprint density at radius 1 is 1.11 bits per heavy atom. The minimum atomic E-state index is -3.68. The minimum Gasteiger partial charge on any atom is -0.350 e. The Hall–Kier alpha value is -2.78. The summed E-state index contributed by atoms with van der Waals surface area (Å²) in [7, 11) is -3.68. The smallest absolute Gasteiger partial charge is 0.263 e. The van der Waals surface area contributed by atoms with Gasteiger partial charge in [0.05, 0.1) is 22.8 Å². The van der Waals surface area contributed by atoms with E-state index in [0.29, 0.717) is 18.7 Å². The molecule has 0 saturated carbocycles. The fourth-order valence-corrected chi connectivity index (χ4v) is 4.38. The number of nitrogens with zero attached hydrogens (tertiary/aromatic N) is 2. The highest BCUT2D eigenvalue weighted by atomic mass is 32.2. The van der Waals surface area contributed by atoms with Crippen molar-refractivity contribution < 1.29 is 13.2 Å². The van der Waals surface area contributed by atoms with E-state index in [2.05, 4.69) is 20.0 Å². The van der Waals surface area contributed by atoms with Gasteiger partial charge in [-0.1, -0.05) is 23.8 Å². The van der Waals surface area contributed by atoms with Crippen LogP contribution in [0.15, 0.2) is 58.9 Å². The van der Waals surface area contributed by atoms with Crippen LogP contribution in [0.5, 0.6) is 0 Å². The van der Waals surface area contributed by atoms with Gasteiger partial charge in [-0.2, -0.15) is 0 Å². The number of rotatable bonds is 8. The molecule has 0 bridgehead atoms. The van der Waals surface area contributed by atoms with E-state index in [9.17, 15) is 13.2 Å². The van der Waals surface area contributed by atoms with Gasteiger partial charge >= 0.3 is 0 Å². The summed E-state index contributed by atoms with van der Waals surface area (Å²) < 4.78 is 27.3. The fourth-order valence-electron chi connectivity index (χ4n) is 2.38. The van der Waals surface area contributed by atoms with E-state index < -0.39 is 10.0 Å². The van der Waals surface area contributed by atoms with Crippen LogP contribution in [0, 0.1) is 6.92 Å². The third-order valence-electron chi connectivity index (χ3n) is 3.91. The zero-order valence-corrected chi connectivity index (χ0v) is 16.9. The van der Waals surface area contributed by atoms with E-state index in [4.69, 9.17) is 0 Å². The molecule has 2 N–H and O–H groups in total. The van der Waals surface area contributed by atoms with Gasteiger partial charge in [-0.05, 0) is 37.6 Å². The van der Waals surface area contributed by atoms with E-state index >= 15 is 0 Å². The Balaban J connectivity index is 1.51. The normalized spacial score (nSPS) is 11.2. The number of carbonyl (C=O) groups excluding carboxylic acids is 1. The number of carbonyl (C=O) groups is 1. The van der Waals surface area contributed by atoms with E-state index in [1.54, 1.807) is 35.8 Å². The monoisotopic (exact) mass is 416 g/mol. The Morgan fingerprint density at radius 3 is 2.61 bits per heavy atom. The van der Waals surface area contributed by atoms with Crippen LogP contribution in [0.25, 0.3) is 0 Å². The predicted octanol–water partition coefficient (Wildman–Crippen LogP) is 2.90. The van der Waals surface area contributed by atoms with Gasteiger partial charge in [0.15, 0.2) is 5.13 Å². The molecular weight excluding hydrogens is 396 g/mol. The highest BCUT2D eigenvalue weighted by Gasteiger charge is 2.16. The van der Waals surface area contributed by atoms with Crippen molar-refractivity contribution in [2.45, 2.75) is 31.2 Å². The van der Waals surface area contributed by atoms with Crippen LogP contribution in [0.3, 0.4) is 0 Å². The van der Waals surface area contributed by atoms with Crippen LogP contribution in [-0.2, 0) is 27.8 Å². The molecule has 1 amide bonds. The highest BCUT2D eigenvalue weighted by Crippen LogP contribution is 2.21. The number of amides is 1. The third kappa shape index (κ3) is 5.61. The lowest BCUT2D eigenvalue weighted by molar-refractivity contribution is -0.121. The molecule has 3 aromatic rings. The van der Waals surface area contributed by atoms with Crippen LogP contribution in [0.2, 0.25) is 0 Å². The average Bonchev–Trinajstić information content (AvgIpc) is 3.12. The molecule has 0 radical (unpaired) electrons. The second-order valence-electron chi connectivity index (χ2n) is 6.16. The maximum Gasteiger partial charge on any atom is 0.263 e. The van der Waals surface area contributed by atoms with Crippen molar-refractivity contribution in [2.75, 3.05) is 4.72 Å². The zero-order chi connectivity index (χ0) is 20.0. The number of benzene rings is 1. The zero-order valence-electron chi connectivity index (χ0n) is 15.3. The summed E-state index contributed by atoms with van der Waals surface area (Å²) in [5.74, 6) is -0.111. The van der Waals surface area contributed by atoms with E-state index in [1.165, 1.54) is 11.3 Å². The molecule has 7 nitrogen and oxygen atoms in total. The van der Waals surface area contributed by atoms with E-state index in [-0.39, 0.29) is 22.4 Å². The van der Waals surface area contributed by atoms with Crippen LogP contribution < -0.4 is 10.0 Å². The molecule has 1 aromatic carbocycles. The number of sulfonamides is 1. The van der Waals surface area contributed by atoms with Gasteiger partial charge in [0.1, 0.15) is 0 Å². The van der Waals surface area contributed by atoms with Crippen LogP contribution in [-0.4, -0.2) is 24.3 Å². The first-order valence-electron chi connectivity index (χ1n) is 8.63. The summed E-state index contributed by atoms with van der Waals surface area (Å²) >= 11 is 1.19. The Bertz CT molecular complexity index is 1030. The maximum atomic E-state index is 12.4. The number of pyridine rings is 1. The molecule has 0 atom stereocenters. The molecule has 0 aliphatic heterocycles. The number of aromatic nitrogens is 2. The van der Waals surface area contributed by atoms with Crippen molar-refractivity contribution in [2.24, 2.45) is 0 Å². The van der Waals surface area contributed by atoms with Gasteiger partial charge in [-0.25, -0.2) is 13.4 Å². The van der Waals surface area contributed by atoms with E-state index in [1.807, 2.05) is 25.1 Å². The first-order valence-corrected chi connectivity index (χ1v) is 11.0. The quantitative estimate of drug-likeness (QED) is 0.588. The molecular formula is C19H20N4O3S2. The van der Waals surface area contributed by atoms with Crippen LogP contribution in [0.1, 0.15) is 23.4 Å². The van der Waals surface area contributed by atoms with Crippen molar-refractivity contribution in [1.29, 1.82) is 0 Å². The van der Waals surface area contributed by atoms with Crippen molar-refractivity contribution in [3.63, 3.8) is 0 Å². The van der Waals surface area contributed by atoms with Gasteiger partial charge in [0.25, 0.3) is 10.0 Å². The molecule has 146 valence electrons. The molecule has 28 heavy (non-hydrogen) atoms. The standard InChI is InChI=1S/C19H20N4O3S2/c1-14-5-8-17(9-6-14)28(25,26)23-19-22-16(13-27-19)7-10-18(24)21-12-15-4-2-3-11-20-15/h2-6,8-9,11,13H,7,10,12H2,1H3,(H,21,24)(H,22,23). The maximum absolute atomic E-state index is 12.4. The van der Waals surface area contributed by atoms with Crippen molar-refractivity contribution in [3.8, 4) is 0 Å². The minimum absolute atomic E-state index is 0.111. The van der Waals surface area contributed by atoms with Crippen LogP contribution >= 0.6 is 11.3 Å². The van der Waals surface area contributed by atoms with Gasteiger partial charge in [-0.3, -0.25) is 14.5 Å². The fraction of sp³-hybridized carbons (Fsp3) is 0.211. The second-order valence-corrected chi connectivity index (χ2v) is 8.70. The Kier molecular flexibility index (Phi) is 6.37. The Morgan fingerprint density at radius 2 is 1.89 bits per heavy atom. The molecule has 0 spiro atoms. The summed E-state index contributed by atoms with van der Waals surface area (Å²) in [6.45, 7) is 2.27. The summed E-state index contributed by atoms with van der Waals surface area (Å²) in [6.07, 6.45) is 2.37. The largest absolute Gasteiger partial charge is 0.350 e. The topological polar surface area (TPSA) is 101 Å². The van der Waals surface area contributed by atoms with Crippen molar-refractivity contribution >= 4 is 32.4 Å². The van der Waals surface area contributed by atoms with Gasteiger partial charge < -0.3 is 5.32 Å². The lowest BCUT2D eigenvalue weighted by Gasteiger charge is -2.05. The van der Waals surface area contributed by atoms with Gasteiger partial charge in [-0.15, -0.1) is 11.3 Å². The number of anilines is 1. The molecule has 9 heteroatoms. The van der Waals surface area contributed by atoms with Crippen molar-refractivity contribution in [1.82, 2.24) is 15.3 Å². The average molecular weight is 417 g/mol. The Labute approximate surface area is 167 Å². The molecule has 2 aromatic heterocycles. The van der Waals surface area contributed by atoms with Crippen LogP contribution in [0.4, 0.5) is 5.13 Å². The number of thiazole rings is 1. The van der Waals surface area contributed by atoms with Gasteiger partial charge in [0.2, 0.25) is 5.91 Å². The van der Waals surface area contributed by atoms with Gasteiger partial charge in [0, 0.05) is 18.0 Å². The number of hydrogen-bond donors (Lipinski definition) is 2. The summed E-state index contributed by atoms with van der Waals surface area (Å²) in [5, 5.41) is 4.83. The lowest BCUT2D eigenvalue weighted by Crippen LogP contribution is -2.23.